The number of hydrogen-bond donors (Lipinski definition) is 2. The second-order valence-electron chi connectivity index (χ2n) is 7.96. The van der Waals surface area contributed by atoms with Gasteiger partial charge in [0.25, 0.3) is 0 Å². The lowest BCUT2D eigenvalue weighted by Crippen LogP contribution is -2.38. The van der Waals surface area contributed by atoms with Crippen LogP contribution >= 0.6 is 0 Å². The summed E-state index contributed by atoms with van der Waals surface area (Å²) in [4.78, 5) is 20.0. The molecule has 3 rings (SSSR count). The summed E-state index contributed by atoms with van der Waals surface area (Å²) < 4.78 is 32.1. The molecule has 1 saturated carbocycles. The molecule has 0 unspecified atom stereocenters. The molecular formula is C19H22F2N4O3. The Morgan fingerprint density at radius 1 is 1.50 bits per heavy atom. The second kappa shape index (κ2) is 7.02. The van der Waals surface area contributed by atoms with Crippen LogP contribution in [0.25, 0.3) is 15.9 Å². The minimum atomic E-state index is -3.07. The molecule has 1 aromatic heterocycles. The largest absolute Gasteiger partial charge is 0.434 e. The van der Waals surface area contributed by atoms with E-state index in [1.807, 2.05) is 6.92 Å². The van der Waals surface area contributed by atoms with Gasteiger partial charge in [-0.05, 0) is 52.2 Å². The number of halogens is 2. The second-order valence-corrected chi connectivity index (χ2v) is 7.96. The molecule has 2 N–H and O–H groups in total. The molecule has 0 aliphatic heterocycles. The SMILES string of the molecule is [C-]#[N+]c1cc(OC(F)F)c2nc(NC(=O)CC(C)(C)O)n(C3(C)CCC3)c2c1. The standard InChI is InChI=1S/C19H22F2N4O3/c1-18(2,27)10-14(26)23-17-24-15-12(25(17)19(3)6-5-7-19)8-11(22-4)9-13(15)28-16(20)21/h8-9,16,27H,5-7,10H2,1-3H3,(H,23,24,26). The van der Waals surface area contributed by atoms with E-state index in [0.29, 0.717) is 5.52 Å². The van der Waals surface area contributed by atoms with Gasteiger partial charge >= 0.3 is 6.61 Å². The van der Waals surface area contributed by atoms with Crippen LogP contribution in [-0.4, -0.2) is 32.8 Å². The van der Waals surface area contributed by atoms with Crippen molar-refractivity contribution in [2.24, 2.45) is 0 Å². The number of aromatic nitrogens is 2. The van der Waals surface area contributed by atoms with Gasteiger partial charge in [0.05, 0.1) is 24.1 Å². The molecule has 0 bridgehead atoms. The zero-order chi connectivity index (χ0) is 20.7. The first-order valence-corrected chi connectivity index (χ1v) is 8.94. The maximum Gasteiger partial charge on any atom is 0.387 e. The molecule has 150 valence electrons. The van der Waals surface area contributed by atoms with Gasteiger partial charge in [-0.3, -0.25) is 10.1 Å². The number of rotatable bonds is 6. The molecular weight excluding hydrogens is 370 g/mol. The van der Waals surface area contributed by atoms with Crippen molar-refractivity contribution in [3.05, 3.63) is 23.5 Å². The van der Waals surface area contributed by atoms with Crippen LogP contribution in [0.5, 0.6) is 5.75 Å². The van der Waals surface area contributed by atoms with E-state index >= 15 is 0 Å². The first-order valence-electron chi connectivity index (χ1n) is 8.94. The number of imidazole rings is 1. The van der Waals surface area contributed by atoms with Crippen LogP contribution in [0.15, 0.2) is 12.1 Å². The normalized spacial score (nSPS) is 15.9. The summed E-state index contributed by atoms with van der Waals surface area (Å²) in [6, 6.07) is 2.77. The van der Waals surface area contributed by atoms with E-state index < -0.39 is 18.1 Å². The van der Waals surface area contributed by atoms with E-state index in [1.165, 1.54) is 19.9 Å². The average Bonchev–Trinajstić information content (AvgIpc) is 2.88. The van der Waals surface area contributed by atoms with Crippen LogP contribution in [0.2, 0.25) is 0 Å². The smallest absolute Gasteiger partial charge is 0.387 e. The third-order valence-electron chi connectivity index (χ3n) is 4.87. The number of fused-ring (bicyclic) bond motifs is 1. The highest BCUT2D eigenvalue weighted by atomic mass is 19.3. The molecule has 0 spiro atoms. The number of alkyl halides is 2. The van der Waals surface area contributed by atoms with Crippen molar-refractivity contribution in [2.75, 3.05) is 5.32 Å². The number of amides is 1. The number of anilines is 1. The number of nitrogens with one attached hydrogen (secondary N) is 1. The predicted octanol–water partition coefficient (Wildman–Crippen LogP) is 4.19. The van der Waals surface area contributed by atoms with Crippen molar-refractivity contribution >= 4 is 28.6 Å². The zero-order valence-electron chi connectivity index (χ0n) is 15.9. The van der Waals surface area contributed by atoms with Crippen molar-refractivity contribution in [3.63, 3.8) is 0 Å². The van der Waals surface area contributed by atoms with Gasteiger partial charge in [-0.25, -0.2) is 9.83 Å². The van der Waals surface area contributed by atoms with E-state index in [9.17, 15) is 18.7 Å². The Balaban J connectivity index is 2.15. The maximum absolute atomic E-state index is 12.9. The van der Waals surface area contributed by atoms with Gasteiger partial charge in [-0.15, -0.1) is 0 Å². The molecule has 0 atom stereocenters. The number of carbonyl (C=O) groups is 1. The first-order chi connectivity index (χ1) is 13.0. The lowest BCUT2D eigenvalue weighted by Gasteiger charge is -2.41. The molecule has 1 heterocycles. The van der Waals surface area contributed by atoms with Crippen LogP contribution in [0.1, 0.15) is 46.5 Å². The fourth-order valence-corrected chi connectivity index (χ4v) is 3.49. The van der Waals surface area contributed by atoms with Crippen molar-refractivity contribution < 1.29 is 23.4 Å². The highest BCUT2D eigenvalue weighted by Crippen LogP contribution is 2.45. The first kappa shape index (κ1) is 20.0. The fraction of sp³-hybridized carbons (Fsp3) is 0.526. The maximum atomic E-state index is 12.9. The van der Waals surface area contributed by atoms with Gasteiger partial charge in [0.2, 0.25) is 11.9 Å². The van der Waals surface area contributed by atoms with Gasteiger partial charge in [0.1, 0.15) is 11.3 Å². The fourth-order valence-electron chi connectivity index (χ4n) is 3.49. The third kappa shape index (κ3) is 3.92. The minimum absolute atomic E-state index is 0.140. The number of ether oxygens (including phenoxy) is 1. The summed E-state index contributed by atoms with van der Waals surface area (Å²) in [5, 5.41) is 12.6. The molecule has 1 fully saturated rings. The van der Waals surface area contributed by atoms with Gasteiger partial charge in [0, 0.05) is 5.54 Å². The molecule has 0 radical (unpaired) electrons. The third-order valence-corrected chi connectivity index (χ3v) is 4.87. The summed E-state index contributed by atoms with van der Waals surface area (Å²) in [5.74, 6) is -0.473. The summed E-state index contributed by atoms with van der Waals surface area (Å²) >= 11 is 0. The van der Waals surface area contributed by atoms with E-state index in [4.69, 9.17) is 6.57 Å². The summed E-state index contributed by atoms with van der Waals surface area (Å²) in [7, 11) is 0. The molecule has 0 saturated heterocycles. The predicted molar refractivity (Wildman–Crippen MR) is 99.7 cm³/mol. The van der Waals surface area contributed by atoms with Gasteiger partial charge < -0.3 is 14.4 Å². The number of aliphatic hydroxyl groups is 1. The monoisotopic (exact) mass is 392 g/mol. The number of hydrogen-bond acceptors (Lipinski definition) is 4. The lowest BCUT2D eigenvalue weighted by atomic mass is 9.78. The van der Waals surface area contributed by atoms with Crippen LogP contribution in [0, 0.1) is 6.57 Å². The van der Waals surface area contributed by atoms with Crippen LogP contribution in [-0.2, 0) is 10.3 Å². The molecule has 1 aliphatic rings. The van der Waals surface area contributed by atoms with Crippen molar-refractivity contribution in [1.29, 1.82) is 0 Å². The topological polar surface area (TPSA) is 80.7 Å². The van der Waals surface area contributed by atoms with Crippen molar-refractivity contribution in [2.45, 2.75) is 64.2 Å². The Morgan fingerprint density at radius 3 is 2.68 bits per heavy atom. The summed E-state index contributed by atoms with van der Waals surface area (Å²) in [6.07, 6.45) is 2.47. The molecule has 1 amide bonds. The van der Waals surface area contributed by atoms with E-state index in [1.54, 1.807) is 10.6 Å². The Kier molecular flexibility index (Phi) is 5.02. The average molecular weight is 392 g/mol. The Bertz CT molecular complexity index is 953. The number of benzene rings is 1. The minimum Gasteiger partial charge on any atom is -0.434 e. The molecule has 2 aromatic rings. The van der Waals surface area contributed by atoms with E-state index in [0.717, 1.165) is 19.3 Å². The van der Waals surface area contributed by atoms with Crippen molar-refractivity contribution in [1.82, 2.24) is 9.55 Å². The highest BCUT2D eigenvalue weighted by Gasteiger charge is 2.38. The quantitative estimate of drug-likeness (QED) is 0.723. The lowest BCUT2D eigenvalue weighted by molar-refractivity contribution is -0.119. The Labute approximate surface area is 161 Å². The van der Waals surface area contributed by atoms with Crippen LogP contribution < -0.4 is 10.1 Å². The summed E-state index contributed by atoms with van der Waals surface area (Å²) in [6.45, 7) is 9.20. The van der Waals surface area contributed by atoms with E-state index in [2.05, 4.69) is 19.9 Å². The molecule has 9 heteroatoms. The molecule has 1 aromatic carbocycles. The van der Waals surface area contributed by atoms with Crippen molar-refractivity contribution in [3.8, 4) is 5.75 Å². The van der Waals surface area contributed by atoms with Crippen LogP contribution in [0.3, 0.4) is 0 Å². The molecule has 28 heavy (non-hydrogen) atoms. The van der Waals surface area contributed by atoms with Gasteiger partial charge in [-0.1, -0.05) is 0 Å². The zero-order valence-corrected chi connectivity index (χ0v) is 15.9. The number of carbonyl (C=O) groups excluding carboxylic acids is 1. The Morgan fingerprint density at radius 2 is 2.18 bits per heavy atom. The number of nitrogens with zero attached hydrogens (tertiary/aromatic N) is 3. The van der Waals surface area contributed by atoms with Crippen LogP contribution in [0.4, 0.5) is 20.4 Å². The van der Waals surface area contributed by atoms with E-state index in [-0.39, 0.29) is 34.9 Å². The van der Waals surface area contributed by atoms with Gasteiger partial charge in [-0.2, -0.15) is 8.78 Å². The Hall–Kier alpha value is -2.73. The molecule has 7 nitrogen and oxygen atoms in total. The summed E-state index contributed by atoms with van der Waals surface area (Å²) in [5.41, 5.74) is -0.831. The van der Waals surface area contributed by atoms with Gasteiger partial charge in [0.15, 0.2) is 5.69 Å². The molecule has 1 aliphatic carbocycles. The highest BCUT2D eigenvalue weighted by molar-refractivity contribution is 5.94.